The first kappa shape index (κ1) is 12.5. The van der Waals surface area contributed by atoms with Gasteiger partial charge in [0.1, 0.15) is 5.54 Å². The summed E-state index contributed by atoms with van der Waals surface area (Å²) < 4.78 is 5.76. The van der Waals surface area contributed by atoms with E-state index < -0.39 is 0 Å². The Kier molecular flexibility index (Phi) is 4.12. The Morgan fingerprint density at radius 2 is 2.20 bits per heavy atom. The minimum absolute atomic E-state index is 0.130. The number of nitriles is 1. The van der Waals surface area contributed by atoms with E-state index in [1.54, 1.807) is 0 Å². The van der Waals surface area contributed by atoms with Crippen LogP contribution in [0.2, 0.25) is 0 Å². The van der Waals surface area contributed by atoms with Crippen molar-refractivity contribution < 1.29 is 4.74 Å². The van der Waals surface area contributed by atoms with E-state index in [2.05, 4.69) is 32.2 Å². The topological polar surface area (TPSA) is 45.0 Å². The summed E-state index contributed by atoms with van der Waals surface area (Å²) in [7, 11) is 0. The monoisotopic (exact) mass is 210 g/mol. The fraction of sp³-hybridized carbons (Fsp3) is 0.917. The third kappa shape index (κ3) is 2.93. The highest BCUT2D eigenvalue weighted by atomic mass is 16.5. The maximum Gasteiger partial charge on any atom is 0.111 e. The van der Waals surface area contributed by atoms with E-state index in [1.807, 2.05) is 0 Å². The SMILES string of the molecule is CCCNC1(C#N)CCOC(C)(CC)C1. The summed E-state index contributed by atoms with van der Waals surface area (Å²) in [5, 5.41) is 12.7. The molecule has 1 fully saturated rings. The van der Waals surface area contributed by atoms with Crippen molar-refractivity contribution in [3.05, 3.63) is 0 Å². The molecule has 86 valence electrons. The molecule has 0 aromatic heterocycles. The number of ether oxygens (including phenoxy) is 1. The van der Waals surface area contributed by atoms with Gasteiger partial charge >= 0.3 is 0 Å². The first-order valence-corrected chi connectivity index (χ1v) is 5.90. The molecule has 15 heavy (non-hydrogen) atoms. The highest BCUT2D eigenvalue weighted by Crippen LogP contribution is 2.34. The van der Waals surface area contributed by atoms with E-state index in [-0.39, 0.29) is 11.1 Å². The lowest BCUT2D eigenvalue weighted by Gasteiger charge is -2.42. The minimum Gasteiger partial charge on any atom is -0.375 e. The maximum absolute atomic E-state index is 9.33. The smallest absolute Gasteiger partial charge is 0.111 e. The standard InChI is InChI=1S/C12H22N2O/c1-4-7-14-12(10-13)6-8-15-11(3,5-2)9-12/h14H,4-9H2,1-3H3. The van der Waals surface area contributed by atoms with Gasteiger partial charge in [-0.15, -0.1) is 0 Å². The Bertz CT molecular complexity index is 248. The molecular formula is C12H22N2O. The molecule has 0 amide bonds. The lowest BCUT2D eigenvalue weighted by molar-refractivity contribution is -0.0902. The van der Waals surface area contributed by atoms with Gasteiger partial charge < -0.3 is 4.74 Å². The number of nitrogens with one attached hydrogen (secondary N) is 1. The highest BCUT2D eigenvalue weighted by Gasteiger charge is 2.42. The summed E-state index contributed by atoms with van der Waals surface area (Å²) in [5.74, 6) is 0. The first-order chi connectivity index (χ1) is 7.10. The van der Waals surface area contributed by atoms with Crippen LogP contribution in [0.3, 0.4) is 0 Å². The second-order valence-corrected chi connectivity index (χ2v) is 4.70. The molecule has 1 aliphatic rings. The van der Waals surface area contributed by atoms with E-state index in [1.165, 1.54) is 0 Å². The first-order valence-electron chi connectivity index (χ1n) is 5.90. The van der Waals surface area contributed by atoms with E-state index in [0.29, 0.717) is 6.61 Å². The van der Waals surface area contributed by atoms with Gasteiger partial charge in [-0.3, -0.25) is 5.32 Å². The second kappa shape index (κ2) is 4.96. The summed E-state index contributed by atoms with van der Waals surface area (Å²) in [6.07, 6.45) is 3.63. The quantitative estimate of drug-likeness (QED) is 0.774. The lowest BCUT2D eigenvalue weighted by Crippen LogP contribution is -2.54. The van der Waals surface area contributed by atoms with Crippen molar-refractivity contribution in [2.45, 2.75) is 57.6 Å². The van der Waals surface area contributed by atoms with Crippen molar-refractivity contribution in [2.24, 2.45) is 0 Å². The molecule has 0 aliphatic carbocycles. The summed E-state index contributed by atoms with van der Waals surface area (Å²) in [6, 6.07) is 2.45. The predicted octanol–water partition coefficient (Wildman–Crippen LogP) is 2.23. The van der Waals surface area contributed by atoms with Crippen molar-refractivity contribution >= 4 is 0 Å². The molecule has 0 aromatic carbocycles. The van der Waals surface area contributed by atoms with E-state index in [9.17, 15) is 5.26 Å². The molecule has 1 aliphatic heterocycles. The zero-order chi connectivity index (χ0) is 11.4. The van der Waals surface area contributed by atoms with Gasteiger partial charge in [0.2, 0.25) is 0 Å². The largest absolute Gasteiger partial charge is 0.375 e. The van der Waals surface area contributed by atoms with Crippen LogP contribution in [0.5, 0.6) is 0 Å². The van der Waals surface area contributed by atoms with Crippen LogP contribution in [-0.4, -0.2) is 24.3 Å². The Labute approximate surface area is 92.8 Å². The van der Waals surface area contributed by atoms with E-state index in [0.717, 1.165) is 32.2 Å². The Balaban J connectivity index is 2.69. The van der Waals surface area contributed by atoms with Crippen LogP contribution in [0.15, 0.2) is 0 Å². The highest BCUT2D eigenvalue weighted by molar-refractivity contribution is 5.12. The van der Waals surface area contributed by atoms with Crippen molar-refractivity contribution in [3.63, 3.8) is 0 Å². The predicted molar refractivity (Wildman–Crippen MR) is 60.5 cm³/mol. The molecule has 1 N–H and O–H groups in total. The lowest BCUT2D eigenvalue weighted by atomic mass is 9.80. The average Bonchev–Trinajstić information content (AvgIpc) is 2.27. The van der Waals surface area contributed by atoms with Crippen LogP contribution in [0.25, 0.3) is 0 Å². The number of hydrogen-bond donors (Lipinski definition) is 1. The van der Waals surface area contributed by atoms with Gasteiger partial charge in [-0.25, -0.2) is 0 Å². The molecule has 0 spiro atoms. The average molecular weight is 210 g/mol. The van der Waals surface area contributed by atoms with Gasteiger partial charge in [0, 0.05) is 12.8 Å². The fourth-order valence-electron chi connectivity index (χ4n) is 2.13. The van der Waals surface area contributed by atoms with E-state index >= 15 is 0 Å². The van der Waals surface area contributed by atoms with Crippen LogP contribution in [0.1, 0.15) is 46.5 Å². The molecule has 0 saturated carbocycles. The molecule has 0 radical (unpaired) electrons. The van der Waals surface area contributed by atoms with Crippen molar-refractivity contribution in [1.82, 2.24) is 5.32 Å². The molecule has 0 aromatic rings. The summed E-state index contributed by atoms with van der Waals surface area (Å²) in [6.45, 7) is 7.94. The minimum atomic E-state index is -0.362. The summed E-state index contributed by atoms with van der Waals surface area (Å²) >= 11 is 0. The zero-order valence-corrected chi connectivity index (χ0v) is 10.1. The molecule has 2 unspecified atom stereocenters. The van der Waals surface area contributed by atoms with Crippen LogP contribution in [-0.2, 0) is 4.74 Å². The molecule has 3 nitrogen and oxygen atoms in total. The van der Waals surface area contributed by atoms with Crippen molar-refractivity contribution in [2.75, 3.05) is 13.2 Å². The van der Waals surface area contributed by atoms with Gasteiger partial charge in [-0.1, -0.05) is 13.8 Å². The molecule has 3 heteroatoms. The molecule has 1 rings (SSSR count). The Morgan fingerprint density at radius 1 is 1.47 bits per heavy atom. The Morgan fingerprint density at radius 3 is 2.73 bits per heavy atom. The van der Waals surface area contributed by atoms with Gasteiger partial charge in [0.25, 0.3) is 0 Å². The van der Waals surface area contributed by atoms with Crippen LogP contribution < -0.4 is 5.32 Å². The third-order valence-electron chi connectivity index (χ3n) is 3.33. The van der Waals surface area contributed by atoms with Crippen LogP contribution in [0, 0.1) is 11.3 Å². The molecule has 2 atom stereocenters. The number of hydrogen-bond acceptors (Lipinski definition) is 3. The summed E-state index contributed by atoms with van der Waals surface area (Å²) in [5.41, 5.74) is -0.492. The second-order valence-electron chi connectivity index (χ2n) is 4.70. The third-order valence-corrected chi connectivity index (χ3v) is 3.33. The normalized spacial score (nSPS) is 36.1. The molecule has 1 heterocycles. The van der Waals surface area contributed by atoms with Gasteiger partial charge in [-0.2, -0.15) is 5.26 Å². The maximum atomic E-state index is 9.33. The van der Waals surface area contributed by atoms with Gasteiger partial charge in [0.15, 0.2) is 0 Å². The zero-order valence-electron chi connectivity index (χ0n) is 10.1. The van der Waals surface area contributed by atoms with Gasteiger partial charge in [-0.05, 0) is 26.3 Å². The van der Waals surface area contributed by atoms with Crippen molar-refractivity contribution in [3.8, 4) is 6.07 Å². The Hall–Kier alpha value is -0.590. The number of rotatable bonds is 4. The number of nitrogens with zero attached hydrogens (tertiary/aromatic N) is 1. The fourth-order valence-corrected chi connectivity index (χ4v) is 2.13. The van der Waals surface area contributed by atoms with Crippen LogP contribution >= 0.6 is 0 Å². The van der Waals surface area contributed by atoms with Crippen molar-refractivity contribution in [1.29, 1.82) is 5.26 Å². The molecular weight excluding hydrogens is 188 g/mol. The summed E-state index contributed by atoms with van der Waals surface area (Å²) in [4.78, 5) is 0. The molecule has 1 saturated heterocycles. The van der Waals surface area contributed by atoms with E-state index in [4.69, 9.17) is 4.74 Å². The molecule has 0 bridgehead atoms. The van der Waals surface area contributed by atoms with Gasteiger partial charge in [0.05, 0.1) is 18.3 Å². The van der Waals surface area contributed by atoms with Crippen LogP contribution in [0.4, 0.5) is 0 Å².